The van der Waals surface area contributed by atoms with Gasteiger partial charge >= 0.3 is 0 Å². The number of aliphatic imine (C=N–C) groups is 1. The molecule has 1 aromatic heterocycles. The molecule has 0 saturated carbocycles. The molecule has 3 aromatic rings. The van der Waals surface area contributed by atoms with Crippen LogP contribution in [0, 0.1) is 22.4 Å². The van der Waals surface area contributed by atoms with Gasteiger partial charge in [-0.2, -0.15) is 15.1 Å². The summed E-state index contributed by atoms with van der Waals surface area (Å²) in [7, 11) is 0. The Balaban J connectivity index is 1.41. The first kappa shape index (κ1) is 20.6. The van der Waals surface area contributed by atoms with Crippen LogP contribution in [0.3, 0.4) is 0 Å². The summed E-state index contributed by atoms with van der Waals surface area (Å²) in [6, 6.07) is 17.1. The number of thioether (sulfide) groups is 1. The Kier molecular flexibility index (Phi) is 4.98. The number of furan rings is 1. The summed E-state index contributed by atoms with van der Waals surface area (Å²) in [6.45, 7) is 1.99. The molecule has 0 unspecified atom stereocenters. The molecule has 10 heteroatoms. The third kappa shape index (κ3) is 3.87. The summed E-state index contributed by atoms with van der Waals surface area (Å²) < 4.78 is 5.78. The van der Waals surface area contributed by atoms with Crippen molar-refractivity contribution in [3.8, 4) is 11.3 Å². The number of carbonyl (C=O) groups is 1. The van der Waals surface area contributed by atoms with Gasteiger partial charge in [0.1, 0.15) is 16.6 Å². The number of nitro groups is 1. The van der Waals surface area contributed by atoms with E-state index in [1.165, 1.54) is 35.0 Å². The molecule has 0 spiro atoms. The highest BCUT2D eigenvalue weighted by molar-refractivity contribution is 8.27. The molecule has 0 fully saturated rings. The minimum Gasteiger partial charge on any atom is -0.457 e. The lowest BCUT2D eigenvalue weighted by Gasteiger charge is -2.19. The highest BCUT2D eigenvalue weighted by Crippen LogP contribution is 2.32. The van der Waals surface area contributed by atoms with Crippen molar-refractivity contribution in [1.82, 2.24) is 5.01 Å². The lowest BCUT2D eigenvalue weighted by molar-refractivity contribution is -0.384. The van der Waals surface area contributed by atoms with Crippen LogP contribution in [-0.2, 0) is 4.79 Å². The minimum absolute atomic E-state index is 0.0170. The maximum atomic E-state index is 12.6. The summed E-state index contributed by atoms with van der Waals surface area (Å²) >= 11 is 1.24. The number of fused-ring (bicyclic) bond motifs is 1. The van der Waals surface area contributed by atoms with Gasteiger partial charge in [0.25, 0.3) is 11.6 Å². The fourth-order valence-corrected chi connectivity index (χ4v) is 4.18. The number of carbonyl (C=O) groups excluding carboxylic acids is 1. The van der Waals surface area contributed by atoms with E-state index in [9.17, 15) is 14.9 Å². The van der Waals surface area contributed by atoms with E-state index >= 15 is 0 Å². The summed E-state index contributed by atoms with van der Waals surface area (Å²) in [5, 5.41) is 26.1. The van der Waals surface area contributed by atoms with Gasteiger partial charge in [-0.05, 0) is 49.0 Å². The Morgan fingerprint density at radius 2 is 1.76 bits per heavy atom. The molecule has 3 heterocycles. The van der Waals surface area contributed by atoms with E-state index in [4.69, 9.17) is 9.83 Å². The lowest BCUT2D eigenvalue weighted by Crippen LogP contribution is -2.35. The van der Waals surface area contributed by atoms with Gasteiger partial charge < -0.3 is 4.42 Å². The van der Waals surface area contributed by atoms with Gasteiger partial charge in [0.05, 0.1) is 10.5 Å². The Hall–Kier alpha value is -4.31. The van der Waals surface area contributed by atoms with Gasteiger partial charge in [0.2, 0.25) is 5.17 Å². The smallest absolute Gasteiger partial charge is 0.283 e. The lowest BCUT2D eigenvalue weighted by atomic mass is 10.1. The second-order valence-corrected chi connectivity index (χ2v) is 8.25. The van der Waals surface area contributed by atoms with E-state index in [1.54, 1.807) is 24.3 Å². The monoisotopic (exact) mass is 457 g/mol. The van der Waals surface area contributed by atoms with Gasteiger partial charge in [-0.25, -0.2) is 0 Å². The number of amidine groups is 2. The molecule has 162 valence electrons. The zero-order chi connectivity index (χ0) is 23.1. The van der Waals surface area contributed by atoms with Gasteiger partial charge in [-0.15, -0.1) is 0 Å². The van der Waals surface area contributed by atoms with Crippen molar-refractivity contribution in [3.63, 3.8) is 0 Å². The predicted octanol–water partition coefficient (Wildman–Crippen LogP) is 4.83. The molecule has 9 nitrogen and oxygen atoms in total. The van der Waals surface area contributed by atoms with Gasteiger partial charge in [-0.3, -0.25) is 20.3 Å². The molecule has 0 atom stereocenters. The molecule has 33 heavy (non-hydrogen) atoms. The molecule has 0 saturated heterocycles. The van der Waals surface area contributed by atoms with Crippen LogP contribution >= 0.6 is 11.8 Å². The largest absolute Gasteiger partial charge is 0.457 e. The SMILES string of the molecule is Cc1ccc(C2=NN3C(=N)C(=Cc4ccc(-c5ccc([N+](=O)[O-])cc5)o4)C(=O)N=C3S2)cc1. The van der Waals surface area contributed by atoms with Crippen LogP contribution in [0.4, 0.5) is 5.69 Å². The second-order valence-electron chi connectivity index (χ2n) is 7.30. The number of nitrogens with zero attached hydrogens (tertiary/aromatic N) is 4. The number of nitro benzene ring substituents is 1. The summed E-state index contributed by atoms with van der Waals surface area (Å²) in [4.78, 5) is 27.1. The molecule has 5 rings (SSSR count). The fraction of sp³-hybridized carbons (Fsp3) is 0.0435. The van der Waals surface area contributed by atoms with Crippen molar-refractivity contribution in [2.45, 2.75) is 6.92 Å². The minimum atomic E-state index is -0.549. The zero-order valence-corrected chi connectivity index (χ0v) is 18.0. The van der Waals surface area contributed by atoms with E-state index in [0.29, 0.717) is 27.3 Å². The third-order valence-electron chi connectivity index (χ3n) is 5.03. The Bertz CT molecular complexity index is 1400. The normalized spacial score (nSPS) is 16.6. The highest BCUT2D eigenvalue weighted by Gasteiger charge is 2.36. The first-order valence-electron chi connectivity index (χ1n) is 9.81. The third-order valence-corrected chi connectivity index (χ3v) is 5.99. The van der Waals surface area contributed by atoms with Crippen LogP contribution in [0.2, 0.25) is 0 Å². The van der Waals surface area contributed by atoms with Crippen LogP contribution < -0.4 is 0 Å². The molecule has 0 bridgehead atoms. The second kappa shape index (κ2) is 7.99. The summed E-state index contributed by atoms with van der Waals surface area (Å²) in [6.07, 6.45) is 1.45. The molecule has 0 radical (unpaired) electrons. The molecule has 1 amide bonds. The maximum absolute atomic E-state index is 12.6. The Morgan fingerprint density at radius 1 is 1.06 bits per heavy atom. The van der Waals surface area contributed by atoms with E-state index in [1.807, 2.05) is 31.2 Å². The van der Waals surface area contributed by atoms with E-state index in [2.05, 4.69) is 10.1 Å². The first-order chi connectivity index (χ1) is 15.9. The van der Waals surface area contributed by atoms with Gasteiger partial charge in [0.15, 0.2) is 5.84 Å². The molecule has 2 aromatic carbocycles. The van der Waals surface area contributed by atoms with Crippen LogP contribution in [-0.4, -0.2) is 31.9 Å². The number of non-ortho nitro benzene ring substituents is 1. The van der Waals surface area contributed by atoms with Crippen LogP contribution in [0.25, 0.3) is 17.4 Å². The van der Waals surface area contributed by atoms with Crippen molar-refractivity contribution < 1.29 is 14.1 Å². The van der Waals surface area contributed by atoms with Crippen LogP contribution in [0.5, 0.6) is 0 Å². The average Bonchev–Trinajstić information content (AvgIpc) is 3.45. The molecular weight excluding hydrogens is 442 g/mol. The van der Waals surface area contributed by atoms with E-state index in [-0.39, 0.29) is 17.1 Å². The van der Waals surface area contributed by atoms with Crippen molar-refractivity contribution in [2.24, 2.45) is 10.1 Å². The molecule has 1 N–H and O–H groups in total. The quantitative estimate of drug-likeness (QED) is 0.340. The van der Waals surface area contributed by atoms with Crippen molar-refractivity contribution >= 4 is 45.5 Å². The van der Waals surface area contributed by atoms with Crippen LogP contribution in [0.15, 0.2) is 80.7 Å². The molecule has 0 aliphatic carbocycles. The Morgan fingerprint density at radius 3 is 2.45 bits per heavy atom. The summed E-state index contributed by atoms with van der Waals surface area (Å²) in [5.41, 5.74) is 2.69. The zero-order valence-electron chi connectivity index (χ0n) is 17.2. The van der Waals surface area contributed by atoms with E-state index in [0.717, 1.165) is 11.1 Å². The topological polar surface area (TPSA) is 125 Å². The van der Waals surface area contributed by atoms with Crippen molar-refractivity contribution in [1.29, 1.82) is 5.41 Å². The number of amides is 1. The number of hydrogen-bond acceptors (Lipinski definition) is 7. The predicted molar refractivity (Wildman–Crippen MR) is 126 cm³/mol. The highest BCUT2D eigenvalue weighted by atomic mass is 32.2. The number of hydrogen-bond donors (Lipinski definition) is 1. The number of hydrazone groups is 1. The number of nitrogens with one attached hydrogen (secondary N) is 1. The fourth-order valence-electron chi connectivity index (χ4n) is 3.28. The van der Waals surface area contributed by atoms with Gasteiger partial charge in [-0.1, -0.05) is 29.8 Å². The van der Waals surface area contributed by atoms with Gasteiger partial charge in [0, 0.05) is 23.3 Å². The standard InChI is InChI=1S/C23H15N5O4S/c1-13-2-4-15(5-3-13)22-26-27-20(24)18(21(29)25-23(27)33-22)12-17-10-11-19(32-17)14-6-8-16(9-7-14)28(30)31/h2-12,24H,1H3. The number of aryl methyl sites for hydroxylation is 1. The summed E-state index contributed by atoms with van der Waals surface area (Å²) in [5.74, 6) is 0.192. The molecule has 2 aliphatic heterocycles. The van der Waals surface area contributed by atoms with E-state index < -0.39 is 10.8 Å². The molecular formula is C23H15N5O4S. The number of benzene rings is 2. The van der Waals surface area contributed by atoms with Crippen molar-refractivity contribution in [3.05, 3.63) is 93.2 Å². The first-order valence-corrected chi connectivity index (χ1v) is 10.6. The molecule has 2 aliphatic rings. The van der Waals surface area contributed by atoms with Crippen molar-refractivity contribution in [2.75, 3.05) is 0 Å². The van der Waals surface area contributed by atoms with Crippen LogP contribution in [0.1, 0.15) is 16.9 Å². The average molecular weight is 457 g/mol. The number of rotatable bonds is 4. The maximum Gasteiger partial charge on any atom is 0.283 e. The Labute approximate surface area is 191 Å².